The Kier molecular flexibility index (Phi) is 6.85. The number of amides is 1. The Labute approximate surface area is 203 Å². The smallest absolute Gasteiger partial charge is 0.410 e. The van der Waals surface area contributed by atoms with Crippen LogP contribution in [-0.4, -0.2) is 35.5 Å². The molecule has 2 bridgehead atoms. The van der Waals surface area contributed by atoms with Gasteiger partial charge in [-0.2, -0.15) is 0 Å². The Balaban J connectivity index is 1.18. The first kappa shape index (κ1) is 22.9. The van der Waals surface area contributed by atoms with E-state index in [0.717, 1.165) is 51.4 Å². The zero-order valence-electron chi connectivity index (χ0n) is 20.0. The number of rotatable bonds is 9. The van der Waals surface area contributed by atoms with Crippen LogP contribution in [0.25, 0.3) is 11.1 Å². The predicted molar refractivity (Wildman–Crippen MR) is 135 cm³/mol. The summed E-state index contributed by atoms with van der Waals surface area (Å²) in [5.74, 6) is 0.575. The molecule has 1 aliphatic carbocycles. The van der Waals surface area contributed by atoms with Gasteiger partial charge in [-0.15, -0.1) is 6.58 Å². The monoisotopic (exact) mass is 457 g/mol. The summed E-state index contributed by atoms with van der Waals surface area (Å²) in [5, 5.41) is 0. The first-order valence-corrected chi connectivity index (χ1v) is 12.9. The van der Waals surface area contributed by atoms with E-state index in [-0.39, 0.29) is 30.0 Å². The summed E-state index contributed by atoms with van der Waals surface area (Å²) < 4.78 is 5.95. The minimum absolute atomic E-state index is 0.0780. The van der Waals surface area contributed by atoms with Crippen LogP contribution in [0.3, 0.4) is 0 Å². The highest BCUT2D eigenvalue weighted by molar-refractivity contribution is 5.82. The standard InChI is InChI=1S/C30H35NO3/c1-2-3-4-5-6-15-29(32)21-18-22-16-17-23(19-21)31(22)30(33)34-20-28-26-13-9-7-11-24(26)25-12-8-10-14-27(25)28/h2,7-14,21-23,28H,1,3-6,15-20H2. The van der Waals surface area contributed by atoms with Crippen LogP contribution < -0.4 is 0 Å². The van der Waals surface area contributed by atoms with Crippen molar-refractivity contribution >= 4 is 11.9 Å². The van der Waals surface area contributed by atoms with E-state index in [0.29, 0.717) is 18.8 Å². The highest BCUT2D eigenvalue weighted by atomic mass is 16.6. The van der Waals surface area contributed by atoms with Crippen LogP contribution in [0.5, 0.6) is 0 Å². The van der Waals surface area contributed by atoms with Crippen molar-refractivity contribution in [3.8, 4) is 11.1 Å². The van der Waals surface area contributed by atoms with E-state index in [2.05, 4.69) is 55.1 Å². The van der Waals surface area contributed by atoms with Gasteiger partial charge >= 0.3 is 6.09 Å². The van der Waals surface area contributed by atoms with Crippen LogP contribution in [0, 0.1) is 5.92 Å². The molecular formula is C30H35NO3. The van der Waals surface area contributed by atoms with E-state index >= 15 is 0 Å². The number of carbonyl (C=O) groups is 2. The fraction of sp³-hybridized carbons (Fsp3) is 0.467. The van der Waals surface area contributed by atoms with Crippen LogP contribution in [0.2, 0.25) is 0 Å². The molecule has 2 unspecified atom stereocenters. The highest BCUT2D eigenvalue weighted by Crippen LogP contribution is 2.45. The molecule has 1 amide bonds. The van der Waals surface area contributed by atoms with Crippen molar-refractivity contribution in [2.75, 3.05) is 6.61 Å². The lowest BCUT2D eigenvalue weighted by atomic mass is 9.85. The lowest BCUT2D eigenvalue weighted by molar-refractivity contribution is -0.125. The SMILES string of the molecule is C=CCCCCCC(=O)C1CC2CCC(C1)N2C(=O)OCC1c2ccccc2-c2ccccc21. The molecule has 0 N–H and O–H groups in total. The highest BCUT2D eigenvalue weighted by Gasteiger charge is 2.45. The number of ketones is 1. The minimum Gasteiger partial charge on any atom is -0.448 e. The molecule has 2 fully saturated rings. The van der Waals surface area contributed by atoms with Crippen molar-refractivity contribution in [3.63, 3.8) is 0 Å². The summed E-state index contributed by atoms with van der Waals surface area (Å²) in [7, 11) is 0. The largest absolute Gasteiger partial charge is 0.448 e. The molecule has 5 rings (SSSR count). The van der Waals surface area contributed by atoms with Crippen LogP contribution >= 0.6 is 0 Å². The van der Waals surface area contributed by atoms with Crippen molar-refractivity contribution in [2.45, 2.75) is 75.8 Å². The third-order valence-electron chi connectivity index (χ3n) is 8.07. The summed E-state index contributed by atoms with van der Waals surface area (Å²) in [5.41, 5.74) is 4.94. The number of fused-ring (bicyclic) bond motifs is 5. The van der Waals surface area contributed by atoms with Gasteiger partial charge in [-0.1, -0.05) is 61.0 Å². The van der Waals surface area contributed by atoms with Gasteiger partial charge in [-0.25, -0.2) is 4.79 Å². The number of nitrogens with zero attached hydrogens (tertiary/aromatic N) is 1. The first-order chi connectivity index (χ1) is 16.7. The van der Waals surface area contributed by atoms with Crippen LogP contribution in [0.15, 0.2) is 61.2 Å². The molecule has 0 radical (unpaired) electrons. The third-order valence-corrected chi connectivity index (χ3v) is 8.07. The lowest BCUT2D eigenvalue weighted by Crippen LogP contribution is -2.48. The molecule has 34 heavy (non-hydrogen) atoms. The second kappa shape index (κ2) is 10.2. The Hall–Kier alpha value is -2.88. The maximum atomic E-state index is 13.2. The van der Waals surface area contributed by atoms with E-state index in [1.54, 1.807) is 0 Å². The van der Waals surface area contributed by atoms with Gasteiger partial charge in [0, 0.05) is 30.3 Å². The average molecular weight is 458 g/mol. The fourth-order valence-electron chi connectivity index (χ4n) is 6.38. The Morgan fingerprint density at radius 2 is 1.53 bits per heavy atom. The molecule has 3 aliphatic rings. The van der Waals surface area contributed by atoms with Crippen LogP contribution in [-0.2, 0) is 9.53 Å². The number of allylic oxidation sites excluding steroid dienone is 1. The van der Waals surface area contributed by atoms with Gasteiger partial charge in [0.2, 0.25) is 0 Å². The van der Waals surface area contributed by atoms with Crippen LogP contribution in [0.4, 0.5) is 4.79 Å². The molecule has 2 heterocycles. The van der Waals surface area contributed by atoms with Gasteiger partial charge in [0.15, 0.2) is 0 Å². The summed E-state index contributed by atoms with van der Waals surface area (Å²) >= 11 is 0. The number of ether oxygens (including phenoxy) is 1. The molecule has 2 aromatic carbocycles. The summed E-state index contributed by atoms with van der Waals surface area (Å²) in [6.07, 6.45) is 10.2. The molecule has 4 nitrogen and oxygen atoms in total. The van der Waals surface area contributed by atoms with E-state index in [1.807, 2.05) is 11.0 Å². The van der Waals surface area contributed by atoms with E-state index in [1.165, 1.54) is 22.3 Å². The average Bonchev–Trinajstić information content (AvgIpc) is 3.32. The Morgan fingerprint density at radius 1 is 0.912 bits per heavy atom. The van der Waals surface area contributed by atoms with Gasteiger partial charge < -0.3 is 9.64 Å². The van der Waals surface area contributed by atoms with Gasteiger partial charge in [-0.05, 0) is 67.2 Å². The van der Waals surface area contributed by atoms with Crippen LogP contribution in [0.1, 0.15) is 74.8 Å². The topological polar surface area (TPSA) is 46.6 Å². The lowest BCUT2D eigenvalue weighted by Gasteiger charge is -2.37. The first-order valence-electron chi connectivity index (χ1n) is 12.9. The predicted octanol–water partition coefficient (Wildman–Crippen LogP) is 6.88. The second-order valence-electron chi connectivity index (χ2n) is 10.1. The molecule has 178 valence electrons. The fourth-order valence-corrected chi connectivity index (χ4v) is 6.38. The number of carbonyl (C=O) groups excluding carboxylic acids is 2. The molecule has 4 heteroatoms. The molecule has 2 aromatic rings. The van der Waals surface area contributed by atoms with Crippen molar-refractivity contribution in [2.24, 2.45) is 5.92 Å². The Bertz CT molecular complexity index is 1000. The molecular weight excluding hydrogens is 422 g/mol. The van der Waals surface area contributed by atoms with E-state index in [4.69, 9.17) is 4.74 Å². The number of piperidine rings is 1. The number of benzene rings is 2. The quantitative estimate of drug-likeness (QED) is 0.304. The zero-order chi connectivity index (χ0) is 23.5. The molecule has 2 saturated heterocycles. The minimum atomic E-state index is -0.204. The van der Waals surface area contributed by atoms with Crippen molar-refractivity contribution in [3.05, 3.63) is 72.3 Å². The molecule has 2 aliphatic heterocycles. The summed E-state index contributed by atoms with van der Waals surface area (Å²) in [4.78, 5) is 28.0. The molecule has 0 spiro atoms. The number of unbranched alkanes of at least 4 members (excludes halogenated alkanes) is 3. The summed E-state index contributed by atoms with van der Waals surface area (Å²) in [6, 6.07) is 17.1. The van der Waals surface area contributed by atoms with Crippen molar-refractivity contribution in [1.29, 1.82) is 0 Å². The third kappa shape index (κ3) is 4.43. The second-order valence-corrected chi connectivity index (χ2v) is 10.1. The van der Waals surface area contributed by atoms with Crippen molar-refractivity contribution in [1.82, 2.24) is 4.90 Å². The van der Waals surface area contributed by atoms with Gasteiger partial charge in [0.25, 0.3) is 0 Å². The van der Waals surface area contributed by atoms with E-state index < -0.39 is 0 Å². The summed E-state index contributed by atoms with van der Waals surface area (Å²) in [6.45, 7) is 4.11. The zero-order valence-corrected chi connectivity index (χ0v) is 20.0. The number of hydrogen-bond donors (Lipinski definition) is 0. The molecule has 2 atom stereocenters. The van der Waals surface area contributed by atoms with E-state index in [9.17, 15) is 9.59 Å². The molecule has 0 aromatic heterocycles. The van der Waals surface area contributed by atoms with Gasteiger partial charge in [0.05, 0.1) is 0 Å². The normalized spacial score (nSPS) is 22.8. The van der Waals surface area contributed by atoms with Gasteiger partial charge in [-0.3, -0.25) is 4.79 Å². The Morgan fingerprint density at radius 3 is 2.15 bits per heavy atom. The molecule has 0 saturated carbocycles. The maximum absolute atomic E-state index is 13.2. The van der Waals surface area contributed by atoms with Crippen molar-refractivity contribution < 1.29 is 14.3 Å². The number of hydrogen-bond acceptors (Lipinski definition) is 3. The van der Waals surface area contributed by atoms with Gasteiger partial charge in [0.1, 0.15) is 12.4 Å². The maximum Gasteiger partial charge on any atom is 0.410 e. The number of Topliss-reactive ketones (excluding diaryl/α,β-unsaturated/α-hetero) is 1.